The number of fused-ring (bicyclic) bond motifs is 1. The Hall–Kier alpha value is -2.01. The van der Waals surface area contributed by atoms with Gasteiger partial charge in [0.2, 0.25) is 0 Å². The number of para-hydroxylation sites is 1. The maximum Gasteiger partial charge on any atom is 0.323 e. The minimum Gasteiger partial charge on any atom is -0.465 e. The Kier molecular flexibility index (Phi) is 3.84. The zero-order chi connectivity index (χ0) is 13.0. The van der Waals surface area contributed by atoms with E-state index in [-0.39, 0.29) is 0 Å². The summed E-state index contributed by atoms with van der Waals surface area (Å²) in [4.78, 5) is 20.0. The van der Waals surface area contributed by atoms with Crippen molar-refractivity contribution in [2.75, 3.05) is 6.61 Å². The van der Waals surface area contributed by atoms with Crippen LogP contribution in [0.15, 0.2) is 30.6 Å². The van der Waals surface area contributed by atoms with Gasteiger partial charge in [-0.25, -0.2) is 0 Å². The number of ether oxygens (including phenoxy) is 1. The lowest BCUT2D eigenvalue weighted by atomic mass is 10.0. The lowest BCUT2D eigenvalue weighted by Crippen LogP contribution is -2.34. The number of nitrogens with two attached hydrogens (primary N) is 1. The van der Waals surface area contributed by atoms with Gasteiger partial charge in [0, 0.05) is 18.8 Å². The second-order valence-electron chi connectivity index (χ2n) is 3.90. The standard InChI is InChI=1S/C13H15N3O2/c1-2-18-13(17)10(14)8-9-4-3-5-11-12(9)16-7-6-15-11/h3-7,10H,2,8,14H2,1H3. The first-order chi connectivity index (χ1) is 8.72. The van der Waals surface area contributed by atoms with Crippen LogP contribution in [0.5, 0.6) is 0 Å². The molecule has 0 fully saturated rings. The van der Waals surface area contributed by atoms with Gasteiger partial charge >= 0.3 is 5.97 Å². The fourth-order valence-electron chi connectivity index (χ4n) is 1.79. The molecule has 2 rings (SSSR count). The SMILES string of the molecule is CCOC(=O)C(N)Cc1cccc2nccnc12. The van der Waals surface area contributed by atoms with Gasteiger partial charge < -0.3 is 10.5 Å². The highest BCUT2D eigenvalue weighted by molar-refractivity contribution is 5.80. The van der Waals surface area contributed by atoms with Crippen molar-refractivity contribution in [2.24, 2.45) is 5.73 Å². The zero-order valence-corrected chi connectivity index (χ0v) is 10.2. The molecule has 2 N–H and O–H groups in total. The van der Waals surface area contributed by atoms with Crippen molar-refractivity contribution in [2.45, 2.75) is 19.4 Å². The Morgan fingerprint density at radius 1 is 1.39 bits per heavy atom. The lowest BCUT2D eigenvalue weighted by Gasteiger charge is -2.11. The number of aromatic nitrogens is 2. The van der Waals surface area contributed by atoms with Crippen LogP contribution in [0.25, 0.3) is 11.0 Å². The van der Waals surface area contributed by atoms with E-state index >= 15 is 0 Å². The third-order valence-electron chi connectivity index (χ3n) is 2.61. The third-order valence-corrected chi connectivity index (χ3v) is 2.61. The second-order valence-corrected chi connectivity index (χ2v) is 3.90. The molecule has 5 heteroatoms. The molecule has 0 saturated carbocycles. The molecule has 0 radical (unpaired) electrons. The van der Waals surface area contributed by atoms with E-state index in [0.717, 1.165) is 16.6 Å². The van der Waals surface area contributed by atoms with Crippen molar-refractivity contribution < 1.29 is 9.53 Å². The molecular weight excluding hydrogens is 230 g/mol. The average Bonchev–Trinajstić information content (AvgIpc) is 2.39. The molecule has 2 aromatic rings. The second kappa shape index (κ2) is 5.55. The summed E-state index contributed by atoms with van der Waals surface area (Å²) in [6.45, 7) is 2.09. The molecule has 1 aromatic heterocycles. The van der Waals surface area contributed by atoms with Crippen molar-refractivity contribution in [3.8, 4) is 0 Å². The number of hydrogen-bond acceptors (Lipinski definition) is 5. The summed E-state index contributed by atoms with van der Waals surface area (Å²) in [5.41, 5.74) is 8.28. The van der Waals surface area contributed by atoms with E-state index < -0.39 is 12.0 Å². The molecular formula is C13H15N3O2. The Labute approximate surface area is 105 Å². The van der Waals surface area contributed by atoms with E-state index in [1.807, 2.05) is 18.2 Å². The van der Waals surface area contributed by atoms with Crippen LogP contribution in [-0.2, 0) is 16.0 Å². The van der Waals surface area contributed by atoms with E-state index in [2.05, 4.69) is 9.97 Å². The van der Waals surface area contributed by atoms with E-state index in [4.69, 9.17) is 10.5 Å². The molecule has 1 unspecified atom stereocenters. The highest BCUT2D eigenvalue weighted by atomic mass is 16.5. The van der Waals surface area contributed by atoms with Gasteiger partial charge in [-0.2, -0.15) is 0 Å². The fourth-order valence-corrected chi connectivity index (χ4v) is 1.79. The summed E-state index contributed by atoms with van der Waals surface area (Å²) < 4.78 is 4.89. The molecule has 0 aliphatic heterocycles. The van der Waals surface area contributed by atoms with Crippen molar-refractivity contribution in [1.29, 1.82) is 0 Å². The molecule has 0 aliphatic carbocycles. The van der Waals surface area contributed by atoms with Gasteiger partial charge in [0.1, 0.15) is 6.04 Å². The maximum atomic E-state index is 11.5. The van der Waals surface area contributed by atoms with Gasteiger partial charge in [0.05, 0.1) is 17.6 Å². The van der Waals surface area contributed by atoms with E-state index in [9.17, 15) is 4.79 Å². The highest BCUT2D eigenvalue weighted by Crippen LogP contribution is 2.15. The van der Waals surface area contributed by atoms with Gasteiger partial charge in [-0.15, -0.1) is 0 Å². The highest BCUT2D eigenvalue weighted by Gasteiger charge is 2.16. The number of benzene rings is 1. The Morgan fingerprint density at radius 2 is 2.17 bits per heavy atom. The summed E-state index contributed by atoms with van der Waals surface area (Å²) in [7, 11) is 0. The fraction of sp³-hybridized carbons (Fsp3) is 0.308. The first-order valence-electron chi connectivity index (χ1n) is 5.83. The Morgan fingerprint density at radius 3 is 2.94 bits per heavy atom. The molecule has 1 aromatic carbocycles. The predicted molar refractivity (Wildman–Crippen MR) is 67.9 cm³/mol. The summed E-state index contributed by atoms with van der Waals surface area (Å²) in [6, 6.07) is 4.99. The Balaban J connectivity index is 2.24. The van der Waals surface area contributed by atoms with Gasteiger partial charge in [0.25, 0.3) is 0 Å². The number of carbonyl (C=O) groups excluding carboxylic acids is 1. The summed E-state index contributed by atoms with van der Waals surface area (Å²) in [5.74, 6) is -0.390. The minimum atomic E-state index is -0.669. The van der Waals surface area contributed by atoms with Gasteiger partial charge in [-0.05, 0) is 18.6 Å². The average molecular weight is 245 g/mol. The number of carbonyl (C=O) groups is 1. The van der Waals surface area contributed by atoms with Gasteiger partial charge in [-0.1, -0.05) is 12.1 Å². The van der Waals surface area contributed by atoms with Crippen molar-refractivity contribution in [1.82, 2.24) is 9.97 Å². The van der Waals surface area contributed by atoms with Gasteiger partial charge in [-0.3, -0.25) is 14.8 Å². The lowest BCUT2D eigenvalue weighted by molar-refractivity contribution is -0.144. The molecule has 0 aliphatic rings. The van der Waals surface area contributed by atoms with Crippen molar-refractivity contribution in [3.63, 3.8) is 0 Å². The Bertz CT molecular complexity index is 551. The van der Waals surface area contributed by atoms with Crippen LogP contribution >= 0.6 is 0 Å². The van der Waals surface area contributed by atoms with Crippen LogP contribution in [0.4, 0.5) is 0 Å². The first-order valence-corrected chi connectivity index (χ1v) is 5.83. The van der Waals surface area contributed by atoms with Crippen LogP contribution in [0.1, 0.15) is 12.5 Å². The maximum absolute atomic E-state index is 11.5. The minimum absolute atomic E-state index is 0.335. The molecule has 0 amide bonds. The number of nitrogens with zero attached hydrogens (tertiary/aromatic N) is 2. The molecule has 1 atom stereocenters. The van der Waals surface area contributed by atoms with Crippen LogP contribution in [0, 0.1) is 0 Å². The zero-order valence-electron chi connectivity index (χ0n) is 10.2. The molecule has 0 saturated heterocycles. The molecule has 0 bridgehead atoms. The van der Waals surface area contributed by atoms with Crippen LogP contribution < -0.4 is 5.73 Å². The summed E-state index contributed by atoms with van der Waals surface area (Å²) in [5, 5.41) is 0. The smallest absolute Gasteiger partial charge is 0.323 e. The number of hydrogen-bond donors (Lipinski definition) is 1. The molecule has 5 nitrogen and oxygen atoms in total. The van der Waals surface area contributed by atoms with Crippen molar-refractivity contribution in [3.05, 3.63) is 36.2 Å². The monoisotopic (exact) mass is 245 g/mol. The van der Waals surface area contributed by atoms with E-state index in [0.29, 0.717) is 13.0 Å². The molecule has 0 spiro atoms. The van der Waals surface area contributed by atoms with E-state index in [1.54, 1.807) is 19.3 Å². The number of rotatable bonds is 4. The summed E-state index contributed by atoms with van der Waals surface area (Å²) in [6.07, 6.45) is 3.66. The predicted octanol–water partition coefficient (Wildman–Crippen LogP) is 1.06. The topological polar surface area (TPSA) is 78.1 Å². The largest absolute Gasteiger partial charge is 0.465 e. The van der Waals surface area contributed by atoms with Crippen LogP contribution in [0.2, 0.25) is 0 Å². The third kappa shape index (κ3) is 2.62. The number of esters is 1. The van der Waals surface area contributed by atoms with Crippen LogP contribution in [-0.4, -0.2) is 28.6 Å². The van der Waals surface area contributed by atoms with Crippen molar-refractivity contribution >= 4 is 17.0 Å². The molecule has 94 valence electrons. The first kappa shape index (κ1) is 12.4. The van der Waals surface area contributed by atoms with Gasteiger partial charge in [0.15, 0.2) is 0 Å². The summed E-state index contributed by atoms with van der Waals surface area (Å²) >= 11 is 0. The van der Waals surface area contributed by atoms with E-state index in [1.165, 1.54) is 0 Å². The normalized spacial score (nSPS) is 12.3. The quantitative estimate of drug-likeness (QED) is 0.815. The molecule has 1 heterocycles. The van der Waals surface area contributed by atoms with Crippen LogP contribution in [0.3, 0.4) is 0 Å². The molecule has 18 heavy (non-hydrogen) atoms.